The molecule has 6 aromatic rings. The van der Waals surface area contributed by atoms with Crippen LogP contribution >= 0.6 is 11.8 Å². The van der Waals surface area contributed by atoms with E-state index in [1.807, 2.05) is 60.7 Å². The second kappa shape index (κ2) is 8.69. The number of nitrogens with one attached hydrogen (secondary N) is 1. The van der Waals surface area contributed by atoms with Crippen molar-refractivity contribution in [1.82, 2.24) is 29.3 Å². The van der Waals surface area contributed by atoms with Crippen molar-refractivity contribution >= 4 is 33.6 Å². The molecule has 4 heterocycles. The Morgan fingerprint density at radius 2 is 1.37 bits per heavy atom. The van der Waals surface area contributed by atoms with Crippen molar-refractivity contribution in [3.63, 3.8) is 0 Å². The van der Waals surface area contributed by atoms with Crippen molar-refractivity contribution in [3.05, 3.63) is 118 Å². The molecule has 2 aromatic carbocycles. The molecule has 0 fully saturated rings. The lowest BCUT2D eigenvalue weighted by Crippen LogP contribution is -2.21. The Labute approximate surface area is 202 Å². The van der Waals surface area contributed by atoms with E-state index < -0.39 is 0 Å². The Bertz CT molecular complexity index is 1790. The summed E-state index contributed by atoms with van der Waals surface area (Å²) in [4.78, 5) is 35.6. The minimum absolute atomic E-state index is 0.239. The monoisotopic (exact) mass is 478 g/mol. The second-order valence-corrected chi connectivity index (χ2v) is 8.83. The molecule has 0 radical (unpaired) electrons. The molecule has 0 amide bonds. The highest BCUT2D eigenvalue weighted by atomic mass is 32.2. The Morgan fingerprint density at radius 1 is 0.743 bits per heavy atom. The molecule has 0 spiro atoms. The predicted octanol–water partition coefficient (Wildman–Crippen LogP) is 4.10. The van der Waals surface area contributed by atoms with Gasteiger partial charge in [-0.25, -0.2) is 10.1 Å². The van der Waals surface area contributed by atoms with Gasteiger partial charge < -0.3 is 0 Å². The zero-order chi connectivity index (χ0) is 23.8. The molecule has 35 heavy (non-hydrogen) atoms. The number of nitrogens with zero attached hydrogens (tertiary/aromatic N) is 5. The van der Waals surface area contributed by atoms with Gasteiger partial charge in [0.2, 0.25) is 11.1 Å². The summed E-state index contributed by atoms with van der Waals surface area (Å²) in [5.74, 6) is 1.02. The normalized spacial score (nSPS) is 11.3. The lowest BCUT2D eigenvalue weighted by Gasteiger charge is -2.08. The SMILES string of the molecule is O=c1c2cc3c(=O)n(-c4nc(SCc5ccccc5)n[nH]4)ccc3nc2ccn1-c1ccccc1. The van der Waals surface area contributed by atoms with Crippen LogP contribution in [0.4, 0.5) is 0 Å². The number of H-pyrrole nitrogens is 1. The van der Waals surface area contributed by atoms with Crippen molar-refractivity contribution in [3.8, 4) is 11.6 Å². The molecule has 0 saturated carbocycles. The van der Waals surface area contributed by atoms with Gasteiger partial charge in [-0.3, -0.25) is 18.7 Å². The van der Waals surface area contributed by atoms with E-state index >= 15 is 0 Å². The average Bonchev–Trinajstić information content (AvgIpc) is 3.37. The van der Waals surface area contributed by atoms with Crippen LogP contribution in [0.5, 0.6) is 0 Å². The molecule has 170 valence electrons. The van der Waals surface area contributed by atoms with Crippen LogP contribution in [-0.2, 0) is 5.75 Å². The fourth-order valence-electron chi connectivity index (χ4n) is 3.92. The summed E-state index contributed by atoms with van der Waals surface area (Å²) in [6.45, 7) is 0. The van der Waals surface area contributed by atoms with Crippen molar-refractivity contribution in [1.29, 1.82) is 0 Å². The molecule has 4 aromatic heterocycles. The third kappa shape index (κ3) is 3.91. The van der Waals surface area contributed by atoms with Gasteiger partial charge in [0.05, 0.1) is 21.8 Å². The molecular weight excluding hydrogens is 460 g/mol. The molecule has 8 nitrogen and oxygen atoms in total. The van der Waals surface area contributed by atoms with Gasteiger partial charge in [-0.05, 0) is 35.9 Å². The first-order chi connectivity index (χ1) is 17.2. The molecule has 0 saturated heterocycles. The minimum Gasteiger partial charge on any atom is -0.284 e. The van der Waals surface area contributed by atoms with Crippen LogP contribution in [0, 0.1) is 0 Å². The smallest absolute Gasteiger partial charge is 0.266 e. The standard InChI is InChI=1S/C26H18N6O2S/c33-23-19-15-20-22(27-21(19)11-13-31(23)18-9-5-2-6-10-18)12-14-32(24(20)34)25-28-26(30-29-25)35-16-17-7-3-1-4-8-17/h1-15H,16H2,(H,28,29,30). The number of hydrogen-bond donors (Lipinski definition) is 1. The van der Waals surface area contributed by atoms with Crippen molar-refractivity contribution in [2.24, 2.45) is 0 Å². The van der Waals surface area contributed by atoms with Crippen LogP contribution in [0.15, 0.2) is 106 Å². The Balaban J connectivity index is 1.39. The Kier molecular flexibility index (Phi) is 5.23. The second-order valence-electron chi connectivity index (χ2n) is 7.89. The molecule has 0 bridgehead atoms. The lowest BCUT2D eigenvalue weighted by molar-refractivity contribution is 0.901. The zero-order valence-electron chi connectivity index (χ0n) is 18.3. The summed E-state index contributed by atoms with van der Waals surface area (Å²) in [6, 6.07) is 24.5. The van der Waals surface area contributed by atoms with Gasteiger partial charge in [0.15, 0.2) is 0 Å². The number of benzene rings is 2. The fraction of sp³-hybridized carbons (Fsp3) is 0.0385. The average molecular weight is 479 g/mol. The van der Waals surface area contributed by atoms with Gasteiger partial charge in [0, 0.05) is 23.8 Å². The summed E-state index contributed by atoms with van der Waals surface area (Å²) in [5.41, 5.74) is 2.37. The van der Waals surface area contributed by atoms with Crippen LogP contribution in [0.1, 0.15) is 5.56 Å². The molecule has 9 heteroatoms. The van der Waals surface area contributed by atoms with Gasteiger partial charge in [-0.2, -0.15) is 4.98 Å². The molecule has 0 atom stereocenters. The Hall–Kier alpha value is -4.50. The highest BCUT2D eigenvalue weighted by Gasteiger charge is 2.13. The van der Waals surface area contributed by atoms with E-state index in [2.05, 4.69) is 20.2 Å². The summed E-state index contributed by atoms with van der Waals surface area (Å²) >= 11 is 1.48. The first-order valence-corrected chi connectivity index (χ1v) is 11.9. The Morgan fingerprint density at radius 3 is 2.09 bits per heavy atom. The number of para-hydroxylation sites is 1. The van der Waals surface area contributed by atoms with E-state index in [9.17, 15) is 9.59 Å². The quantitative estimate of drug-likeness (QED) is 0.296. The molecule has 0 aliphatic heterocycles. The lowest BCUT2D eigenvalue weighted by atomic mass is 10.2. The number of aromatic amines is 1. The van der Waals surface area contributed by atoms with E-state index in [0.717, 1.165) is 11.3 Å². The topological polar surface area (TPSA) is 98.5 Å². The van der Waals surface area contributed by atoms with Crippen LogP contribution < -0.4 is 11.1 Å². The maximum atomic E-state index is 13.3. The van der Waals surface area contributed by atoms with Gasteiger partial charge in [-0.15, -0.1) is 5.10 Å². The summed E-state index contributed by atoms with van der Waals surface area (Å²) in [5, 5.41) is 8.32. The molecular formula is C26H18N6O2S. The van der Waals surface area contributed by atoms with Crippen molar-refractivity contribution in [2.45, 2.75) is 10.9 Å². The third-order valence-corrected chi connectivity index (χ3v) is 6.59. The summed E-state index contributed by atoms with van der Waals surface area (Å²) < 4.78 is 2.93. The summed E-state index contributed by atoms with van der Waals surface area (Å²) in [7, 11) is 0. The first kappa shape index (κ1) is 21.1. The van der Waals surface area contributed by atoms with Crippen LogP contribution in [-0.4, -0.2) is 29.3 Å². The molecule has 0 unspecified atom stereocenters. The number of fused-ring (bicyclic) bond motifs is 2. The van der Waals surface area contributed by atoms with Crippen molar-refractivity contribution < 1.29 is 0 Å². The maximum Gasteiger partial charge on any atom is 0.266 e. The maximum absolute atomic E-state index is 13.3. The molecule has 1 N–H and O–H groups in total. The largest absolute Gasteiger partial charge is 0.284 e. The van der Waals surface area contributed by atoms with Crippen molar-refractivity contribution in [2.75, 3.05) is 0 Å². The van der Waals surface area contributed by atoms with Crippen LogP contribution in [0.25, 0.3) is 33.4 Å². The van der Waals surface area contributed by atoms with Gasteiger partial charge in [-0.1, -0.05) is 60.3 Å². The number of hydrogen-bond acceptors (Lipinski definition) is 6. The van der Waals surface area contributed by atoms with E-state index in [4.69, 9.17) is 0 Å². The third-order valence-electron chi connectivity index (χ3n) is 5.67. The predicted molar refractivity (Wildman–Crippen MR) is 136 cm³/mol. The fourth-order valence-corrected chi connectivity index (χ4v) is 4.67. The van der Waals surface area contributed by atoms with E-state index in [-0.39, 0.29) is 11.1 Å². The van der Waals surface area contributed by atoms with E-state index in [1.54, 1.807) is 35.2 Å². The zero-order valence-corrected chi connectivity index (χ0v) is 19.1. The molecule has 0 aliphatic rings. The minimum atomic E-state index is -0.331. The first-order valence-electron chi connectivity index (χ1n) is 10.9. The number of aromatic nitrogens is 6. The molecule has 0 aliphatic carbocycles. The summed E-state index contributed by atoms with van der Waals surface area (Å²) in [6.07, 6.45) is 3.31. The number of pyridine rings is 3. The van der Waals surface area contributed by atoms with Crippen LogP contribution in [0.3, 0.4) is 0 Å². The van der Waals surface area contributed by atoms with Gasteiger partial charge >= 0.3 is 0 Å². The number of thioether (sulfide) groups is 1. The van der Waals surface area contributed by atoms with Crippen LogP contribution in [0.2, 0.25) is 0 Å². The van der Waals surface area contributed by atoms with E-state index in [1.165, 1.54) is 16.3 Å². The highest BCUT2D eigenvalue weighted by molar-refractivity contribution is 7.98. The number of rotatable bonds is 5. The van der Waals surface area contributed by atoms with E-state index in [0.29, 0.717) is 38.7 Å². The highest BCUT2D eigenvalue weighted by Crippen LogP contribution is 2.20. The molecule has 6 rings (SSSR count). The van der Waals surface area contributed by atoms with Gasteiger partial charge in [0.25, 0.3) is 11.1 Å². The van der Waals surface area contributed by atoms with Gasteiger partial charge in [0.1, 0.15) is 0 Å².